The molecule has 0 saturated heterocycles. The number of aryl methyl sites for hydroxylation is 2. The van der Waals surface area contributed by atoms with Crippen LogP contribution < -0.4 is 10.1 Å². The van der Waals surface area contributed by atoms with E-state index in [4.69, 9.17) is 16.3 Å². The first-order chi connectivity index (χ1) is 13.5. The summed E-state index contributed by atoms with van der Waals surface area (Å²) in [6.45, 7) is 4.38. The molecule has 6 heteroatoms. The second kappa shape index (κ2) is 7.60. The number of hydrogen-bond acceptors (Lipinski definition) is 4. The average Bonchev–Trinajstić information content (AvgIpc) is 3.08. The first kappa shape index (κ1) is 18.4. The molecular weight excluding hydrogens is 374 g/mol. The van der Waals surface area contributed by atoms with Crippen molar-refractivity contribution in [1.82, 2.24) is 15.3 Å². The minimum atomic E-state index is -0.161. The largest absolute Gasteiger partial charge is 0.487 e. The van der Waals surface area contributed by atoms with E-state index in [1.807, 2.05) is 44.2 Å². The number of benzene rings is 2. The number of carbonyl (C=O) groups excluding carboxylic acids is 1. The number of aromatic nitrogens is 2. The van der Waals surface area contributed by atoms with Crippen LogP contribution in [-0.2, 0) is 6.42 Å². The molecule has 0 spiro atoms. The van der Waals surface area contributed by atoms with Crippen molar-refractivity contribution in [2.75, 3.05) is 6.54 Å². The summed E-state index contributed by atoms with van der Waals surface area (Å²) in [6.07, 6.45) is 3.88. The first-order valence-electron chi connectivity index (χ1n) is 9.12. The molecule has 1 aliphatic heterocycles. The van der Waals surface area contributed by atoms with Gasteiger partial charge in [-0.1, -0.05) is 28.8 Å². The number of fused-ring (bicyclic) bond motifs is 1. The summed E-state index contributed by atoms with van der Waals surface area (Å²) < 4.78 is 6.13. The van der Waals surface area contributed by atoms with Gasteiger partial charge in [0.05, 0.1) is 12.1 Å². The summed E-state index contributed by atoms with van der Waals surface area (Å²) in [5, 5.41) is 3.59. The molecule has 3 aromatic rings. The van der Waals surface area contributed by atoms with Gasteiger partial charge < -0.3 is 10.1 Å². The molecule has 1 amide bonds. The number of hydrogen-bond donors (Lipinski definition) is 1. The Kier molecular flexibility index (Phi) is 5.01. The number of halogens is 1. The minimum absolute atomic E-state index is 0.101. The van der Waals surface area contributed by atoms with Gasteiger partial charge in [-0.25, -0.2) is 9.97 Å². The Labute approximate surface area is 168 Å². The summed E-state index contributed by atoms with van der Waals surface area (Å²) in [5.74, 6) is 1.21. The van der Waals surface area contributed by atoms with Crippen LogP contribution in [0.3, 0.4) is 0 Å². The van der Waals surface area contributed by atoms with E-state index in [0.717, 1.165) is 28.0 Å². The van der Waals surface area contributed by atoms with Crippen molar-refractivity contribution in [3.8, 4) is 17.1 Å². The van der Waals surface area contributed by atoms with Crippen LogP contribution in [0.15, 0.2) is 48.8 Å². The summed E-state index contributed by atoms with van der Waals surface area (Å²) in [6, 6.07) is 11.3. The Bertz CT molecular complexity index is 1020. The molecule has 142 valence electrons. The minimum Gasteiger partial charge on any atom is -0.487 e. The number of nitrogens with zero attached hydrogens (tertiary/aromatic N) is 2. The van der Waals surface area contributed by atoms with Crippen LogP contribution in [-0.4, -0.2) is 28.5 Å². The van der Waals surface area contributed by atoms with Crippen molar-refractivity contribution in [2.45, 2.75) is 26.4 Å². The van der Waals surface area contributed by atoms with Crippen LogP contribution in [0.4, 0.5) is 0 Å². The lowest BCUT2D eigenvalue weighted by Crippen LogP contribution is -2.34. The number of ether oxygens (including phenoxy) is 1. The third-order valence-electron chi connectivity index (χ3n) is 4.64. The van der Waals surface area contributed by atoms with Crippen molar-refractivity contribution < 1.29 is 9.53 Å². The highest BCUT2D eigenvalue weighted by molar-refractivity contribution is 6.31. The normalized spacial score (nSPS) is 15.0. The lowest BCUT2D eigenvalue weighted by atomic mass is 10.1. The van der Waals surface area contributed by atoms with Crippen LogP contribution in [0.25, 0.3) is 11.4 Å². The third-order valence-corrected chi connectivity index (χ3v) is 4.86. The van der Waals surface area contributed by atoms with Gasteiger partial charge in [0.1, 0.15) is 11.9 Å². The van der Waals surface area contributed by atoms with Crippen molar-refractivity contribution in [3.63, 3.8) is 0 Å². The Morgan fingerprint density at radius 2 is 1.86 bits per heavy atom. The Hall–Kier alpha value is -2.92. The van der Waals surface area contributed by atoms with Gasteiger partial charge in [-0.15, -0.1) is 0 Å². The third kappa shape index (κ3) is 3.85. The van der Waals surface area contributed by atoms with Crippen molar-refractivity contribution >= 4 is 17.5 Å². The molecule has 0 fully saturated rings. The second-order valence-corrected chi connectivity index (χ2v) is 7.48. The summed E-state index contributed by atoms with van der Waals surface area (Å²) in [4.78, 5) is 21.1. The predicted octanol–water partition coefficient (Wildman–Crippen LogP) is 4.15. The molecule has 0 bridgehead atoms. The standard InChI is InChI=1S/C22H20ClN3O2/c1-13-6-14(2)8-16(7-13)22(27)26-12-18-10-15-9-17(23)11-19(20(15)28-18)21-24-4-3-5-25-21/h3-9,11,18H,10,12H2,1-2H3,(H,26,27). The number of rotatable bonds is 4. The van der Waals surface area contributed by atoms with Gasteiger partial charge in [0, 0.05) is 35.0 Å². The zero-order chi connectivity index (χ0) is 19.7. The highest BCUT2D eigenvalue weighted by Crippen LogP contribution is 2.39. The SMILES string of the molecule is Cc1cc(C)cc(C(=O)NCC2Cc3cc(Cl)cc(-c4ncccn4)c3O2)c1. The summed E-state index contributed by atoms with van der Waals surface area (Å²) in [5.41, 5.74) is 4.56. The van der Waals surface area contributed by atoms with Crippen LogP contribution in [0, 0.1) is 13.8 Å². The monoisotopic (exact) mass is 393 g/mol. The van der Waals surface area contributed by atoms with Crippen LogP contribution >= 0.6 is 11.6 Å². The lowest BCUT2D eigenvalue weighted by Gasteiger charge is -2.14. The van der Waals surface area contributed by atoms with Gasteiger partial charge in [-0.2, -0.15) is 0 Å². The average molecular weight is 394 g/mol. The van der Waals surface area contributed by atoms with Crippen molar-refractivity contribution in [3.05, 3.63) is 76.1 Å². The highest BCUT2D eigenvalue weighted by atomic mass is 35.5. The molecule has 1 unspecified atom stereocenters. The molecule has 1 aromatic heterocycles. The molecule has 0 radical (unpaired) electrons. The van der Waals surface area contributed by atoms with Gasteiger partial charge in [0.2, 0.25) is 0 Å². The quantitative estimate of drug-likeness (QED) is 0.723. The van der Waals surface area contributed by atoms with E-state index >= 15 is 0 Å². The maximum absolute atomic E-state index is 12.5. The van der Waals surface area contributed by atoms with Gasteiger partial charge in [0.25, 0.3) is 5.91 Å². The van der Waals surface area contributed by atoms with E-state index < -0.39 is 0 Å². The van der Waals surface area contributed by atoms with E-state index in [-0.39, 0.29) is 12.0 Å². The molecular formula is C22H20ClN3O2. The lowest BCUT2D eigenvalue weighted by molar-refractivity contribution is 0.0933. The smallest absolute Gasteiger partial charge is 0.251 e. The fraction of sp³-hybridized carbons (Fsp3) is 0.227. The van der Waals surface area contributed by atoms with E-state index in [1.54, 1.807) is 18.5 Å². The molecule has 4 rings (SSSR count). The molecule has 1 atom stereocenters. The van der Waals surface area contributed by atoms with E-state index in [2.05, 4.69) is 15.3 Å². The number of nitrogens with one attached hydrogen (secondary N) is 1. The van der Waals surface area contributed by atoms with E-state index in [9.17, 15) is 4.79 Å². The second-order valence-electron chi connectivity index (χ2n) is 7.04. The topological polar surface area (TPSA) is 64.1 Å². The van der Waals surface area contributed by atoms with Crippen LogP contribution in [0.5, 0.6) is 5.75 Å². The van der Waals surface area contributed by atoms with Gasteiger partial charge in [0.15, 0.2) is 5.82 Å². The van der Waals surface area contributed by atoms with Gasteiger partial charge in [-0.3, -0.25) is 4.79 Å². The predicted molar refractivity (Wildman–Crippen MR) is 109 cm³/mol. The zero-order valence-electron chi connectivity index (χ0n) is 15.7. The maximum Gasteiger partial charge on any atom is 0.251 e. The summed E-state index contributed by atoms with van der Waals surface area (Å²) >= 11 is 6.28. The fourth-order valence-corrected chi connectivity index (χ4v) is 3.77. The molecule has 5 nitrogen and oxygen atoms in total. The number of carbonyl (C=O) groups is 1. The molecule has 0 saturated carbocycles. The molecule has 0 aliphatic carbocycles. The van der Waals surface area contributed by atoms with E-state index in [0.29, 0.717) is 29.4 Å². The van der Waals surface area contributed by atoms with Crippen molar-refractivity contribution in [1.29, 1.82) is 0 Å². The molecule has 28 heavy (non-hydrogen) atoms. The summed E-state index contributed by atoms with van der Waals surface area (Å²) in [7, 11) is 0. The van der Waals surface area contributed by atoms with Gasteiger partial charge >= 0.3 is 0 Å². The zero-order valence-corrected chi connectivity index (χ0v) is 16.5. The maximum atomic E-state index is 12.5. The molecule has 2 heterocycles. The fourth-order valence-electron chi connectivity index (χ4n) is 3.53. The Morgan fingerprint density at radius 3 is 2.57 bits per heavy atom. The van der Waals surface area contributed by atoms with Crippen LogP contribution in [0.2, 0.25) is 5.02 Å². The Morgan fingerprint density at radius 1 is 1.14 bits per heavy atom. The van der Waals surface area contributed by atoms with Gasteiger partial charge in [-0.05, 0) is 44.2 Å². The molecule has 2 aromatic carbocycles. The Balaban J connectivity index is 1.49. The van der Waals surface area contributed by atoms with Crippen LogP contribution in [0.1, 0.15) is 27.0 Å². The molecule has 1 N–H and O–H groups in total. The highest BCUT2D eigenvalue weighted by Gasteiger charge is 2.28. The first-order valence-corrected chi connectivity index (χ1v) is 9.50. The number of amides is 1. The van der Waals surface area contributed by atoms with Crippen molar-refractivity contribution in [2.24, 2.45) is 0 Å². The molecule has 1 aliphatic rings. The van der Waals surface area contributed by atoms with E-state index in [1.165, 1.54) is 0 Å².